The van der Waals surface area contributed by atoms with Crippen molar-refractivity contribution in [3.05, 3.63) is 101 Å². The van der Waals surface area contributed by atoms with E-state index in [9.17, 15) is 23.1 Å². The zero-order valence-corrected chi connectivity index (χ0v) is 23.5. The summed E-state index contributed by atoms with van der Waals surface area (Å²) in [6.45, 7) is 4.46. The lowest BCUT2D eigenvalue weighted by molar-refractivity contribution is -0.140. The molecule has 0 atom stereocenters. The number of carbonyl (C=O) groups excluding carboxylic acids is 1. The summed E-state index contributed by atoms with van der Waals surface area (Å²) in [6.07, 6.45) is -0.513. The Kier molecular flexibility index (Phi) is 7.92. The fraction of sp³-hybridized carbons (Fsp3) is 0.226. The van der Waals surface area contributed by atoms with Gasteiger partial charge in [-0.1, -0.05) is 43.6 Å². The lowest BCUT2D eigenvalue weighted by Crippen LogP contribution is -2.34. The predicted molar refractivity (Wildman–Crippen MR) is 154 cm³/mol. The molecule has 0 spiro atoms. The molecule has 0 saturated heterocycles. The number of phenolic OH excluding ortho intramolecular Hbond substituents is 1. The van der Waals surface area contributed by atoms with Crippen molar-refractivity contribution in [2.75, 3.05) is 6.54 Å². The van der Waals surface area contributed by atoms with Gasteiger partial charge in [-0.2, -0.15) is 18.3 Å². The number of fused-ring (bicyclic) bond motifs is 1. The molecule has 2 aromatic carbocycles. The Hall–Kier alpha value is -4.44. The Morgan fingerprint density at radius 1 is 1.02 bits per heavy atom. The highest BCUT2D eigenvalue weighted by Gasteiger charge is 2.35. The summed E-state index contributed by atoms with van der Waals surface area (Å²) in [6, 6.07) is 17.8. The van der Waals surface area contributed by atoms with E-state index in [-0.39, 0.29) is 33.9 Å². The Labute approximate surface area is 245 Å². The van der Waals surface area contributed by atoms with Gasteiger partial charge in [-0.3, -0.25) is 9.78 Å². The molecular weight excluding hydrogens is 567 g/mol. The number of nitrogens with one attached hydrogen (secondary N) is 1. The van der Waals surface area contributed by atoms with Crippen LogP contribution in [0.3, 0.4) is 0 Å². The third-order valence-corrected chi connectivity index (χ3v) is 7.33. The smallest absolute Gasteiger partial charge is 0.434 e. The van der Waals surface area contributed by atoms with E-state index < -0.39 is 11.9 Å². The summed E-state index contributed by atoms with van der Waals surface area (Å²) >= 11 is 6.52. The average molecular weight is 594 g/mol. The summed E-state index contributed by atoms with van der Waals surface area (Å²) in [5.74, 6) is -0.416. The van der Waals surface area contributed by atoms with Gasteiger partial charge in [0.25, 0.3) is 5.91 Å². The lowest BCUT2D eigenvalue weighted by Gasteiger charge is -2.25. The molecule has 0 saturated carbocycles. The number of rotatable bonds is 8. The van der Waals surface area contributed by atoms with Gasteiger partial charge in [-0.25, -0.2) is 9.50 Å². The molecule has 0 radical (unpaired) electrons. The second-order valence-corrected chi connectivity index (χ2v) is 11.1. The Morgan fingerprint density at radius 3 is 2.57 bits per heavy atom. The Morgan fingerprint density at radius 2 is 1.81 bits per heavy atom. The fourth-order valence-electron chi connectivity index (χ4n) is 4.57. The molecule has 42 heavy (non-hydrogen) atoms. The number of phenols is 1. The predicted octanol–water partition coefficient (Wildman–Crippen LogP) is 7.22. The first-order valence-corrected chi connectivity index (χ1v) is 13.5. The third-order valence-electron chi connectivity index (χ3n) is 6.96. The molecular formula is C31H27ClF3N5O2. The number of carbonyl (C=O) groups is 1. The van der Waals surface area contributed by atoms with Crippen molar-refractivity contribution in [1.29, 1.82) is 0 Å². The second-order valence-electron chi connectivity index (χ2n) is 10.7. The number of aryl methyl sites for hydroxylation is 1. The van der Waals surface area contributed by atoms with Crippen LogP contribution in [0.5, 0.6) is 5.75 Å². The quantitative estimate of drug-likeness (QED) is 0.198. The highest BCUT2D eigenvalue weighted by Crippen LogP contribution is 2.35. The van der Waals surface area contributed by atoms with Gasteiger partial charge in [0.2, 0.25) is 0 Å². The molecule has 0 aliphatic carbocycles. The summed E-state index contributed by atoms with van der Waals surface area (Å²) < 4.78 is 41.9. The molecule has 7 nitrogen and oxygen atoms in total. The molecule has 216 valence electrons. The van der Waals surface area contributed by atoms with E-state index >= 15 is 0 Å². The van der Waals surface area contributed by atoms with Crippen LogP contribution in [0.1, 0.15) is 41.9 Å². The van der Waals surface area contributed by atoms with Gasteiger partial charge >= 0.3 is 6.18 Å². The minimum absolute atomic E-state index is 0.0714. The lowest BCUT2D eigenvalue weighted by atomic mass is 9.85. The van der Waals surface area contributed by atoms with E-state index in [1.807, 2.05) is 26.0 Å². The number of aromatic nitrogens is 4. The molecule has 5 rings (SSSR count). The summed E-state index contributed by atoms with van der Waals surface area (Å²) in [5, 5.41) is 17.8. The van der Waals surface area contributed by atoms with E-state index in [0.29, 0.717) is 35.8 Å². The number of alkyl halides is 3. The molecule has 5 aromatic rings. The molecule has 0 aliphatic heterocycles. The van der Waals surface area contributed by atoms with E-state index in [2.05, 4.69) is 20.4 Å². The first kappa shape index (κ1) is 29.1. The normalized spacial score (nSPS) is 12.0. The molecule has 11 heteroatoms. The minimum Gasteiger partial charge on any atom is -0.507 e. The van der Waals surface area contributed by atoms with Gasteiger partial charge in [0.15, 0.2) is 11.3 Å². The number of para-hydroxylation sites is 1. The zero-order valence-electron chi connectivity index (χ0n) is 22.8. The molecule has 3 heterocycles. The van der Waals surface area contributed by atoms with E-state index in [1.54, 1.807) is 36.5 Å². The molecule has 0 unspecified atom stereocenters. The number of imidazole rings is 1. The summed E-state index contributed by atoms with van der Waals surface area (Å²) in [4.78, 5) is 20.6. The number of hydrogen-bond donors (Lipinski definition) is 2. The van der Waals surface area contributed by atoms with Crippen molar-refractivity contribution >= 4 is 23.2 Å². The minimum atomic E-state index is -4.61. The number of nitrogens with zero attached hydrogens (tertiary/aromatic N) is 4. The highest BCUT2D eigenvalue weighted by molar-refractivity contribution is 6.31. The van der Waals surface area contributed by atoms with Gasteiger partial charge in [-0.05, 0) is 72.4 Å². The zero-order chi connectivity index (χ0) is 30.1. The third kappa shape index (κ3) is 6.38. The largest absolute Gasteiger partial charge is 0.507 e. The van der Waals surface area contributed by atoms with Crippen molar-refractivity contribution in [1.82, 2.24) is 24.9 Å². The van der Waals surface area contributed by atoms with Gasteiger partial charge in [-0.15, -0.1) is 0 Å². The van der Waals surface area contributed by atoms with Crippen molar-refractivity contribution in [3.8, 4) is 28.3 Å². The highest BCUT2D eigenvalue weighted by atomic mass is 35.5. The molecule has 0 bridgehead atoms. The van der Waals surface area contributed by atoms with Gasteiger partial charge < -0.3 is 10.4 Å². The first-order chi connectivity index (χ1) is 19.9. The van der Waals surface area contributed by atoms with Crippen LogP contribution in [0.25, 0.3) is 28.2 Å². The Bertz CT molecular complexity index is 1770. The second kappa shape index (κ2) is 11.4. The van der Waals surface area contributed by atoms with Crippen LogP contribution in [0.15, 0.2) is 79.1 Å². The van der Waals surface area contributed by atoms with Crippen molar-refractivity contribution in [2.24, 2.45) is 5.41 Å². The number of hydrogen-bond acceptors (Lipinski definition) is 5. The molecule has 0 fully saturated rings. The standard InChI is InChI=1S/C31H27ClF3N5O2/c1-30(2,18-37-29(42)22-6-3-4-8-26(22)41)14-13-19-16-20(9-10-23(19)32)25-17-40-27(38-25)12-11-24(39-40)21-7-5-15-36-28(21)31(33,34)35/h3-12,15-17,41H,13-14,18H2,1-2H3,(H,37,42). The first-order valence-electron chi connectivity index (χ1n) is 13.2. The van der Waals surface area contributed by atoms with Crippen LogP contribution in [-0.4, -0.2) is 37.1 Å². The average Bonchev–Trinajstić information content (AvgIpc) is 3.39. The maximum absolute atomic E-state index is 13.5. The van der Waals surface area contributed by atoms with Crippen LogP contribution in [-0.2, 0) is 12.6 Å². The number of amides is 1. The van der Waals surface area contributed by atoms with E-state index in [4.69, 9.17) is 11.6 Å². The van der Waals surface area contributed by atoms with Gasteiger partial charge in [0.1, 0.15) is 5.75 Å². The number of benzene rings is 2. The van der Waals surface area contributed by atoms with Crippen molar-refractivity contribution < 1.29 is 23.1 Å². The number of pyridine rings is 1. The van der Waals surface area contributed by atoms with Gasteiger partial charge in [0, 0.05) is 28.9 Å². The number of halogens is 4. The monoisotopic (exact) mass is 593 g/mol. The van der Waals surface area contributed by atoms with Crippen molar-refractivity contribution in [3.63, 3.8) is 0 Å². The Balaban J connectivity index is 1.32. The fourth-order valence-corrected chi connectivity index (χ4v) is 4.78. The van der Waals surface area contributed by atoms with Crippen LogP contribution in [0.4, 0.5) is 13.2 Å². The molecule has 3 aromatic heterocycles. The van der Waals surface area contributed by atoms with Crippen LogP contribution in [0.2, 0.25) is 5.02 Å². The maximum atomic E-state index is 13.5. The van der Waals surface area contributed by atoms with Crippen LogP contribution >= 0.6 is 11.6 Å². The molecule has 1 amide bonds. The maximum Gasteiger partial charge on any atom is 0.434 e. The number of aromatic hydroxyl groups is 1. The van der Waals surface area contributed by atoms with E-state index in [1.165, 1.54) is 28.8 Å². The van der Waals surface area contributed by atoms with Gasteiger partial charge in [0.05, 0.1) is 23.1 Å². The van der Waals surface area contributed by atoms with E-state index in [0.717, 1.165) is 17.3 Å². The van der Waals surface area contributed by atoms with Crippen molar-refractivity contribution in [2.45, 2.75) is 32.9 Å². The summed E-state index contributed by atoms with van der Waals surface area (Å²) in [7, 11) is 0. The molecule has 0 aliphatic rings. The molecule has 2 N–H and O–H groups in total. The topological polar surface area (TPSA) is 92.4 Å². The SMILES string of the molecule is CC(C)(CCc1cc(-c2cn3nc(-c4cccnc4C(F)(F)F)ccc3n2)ccc1Cl)CNC(=O)c1ccccc1O. The van der Waals surface area contributed by atoms with Crippen LogP contribution < -0.4 is 5.32 Å². The van der Waals surface area contributed by atoms with Crippen LogP contribution in [0, 0.1) is 5.41 Å². The summed E-state index contributed by atoms with van der Waals surface area (Å²) in [5.41, 5.74) is 1.70.